The summed E-state index contributed by atoms with van der Waals surface area (Å²) < 4.78 is 2.03. The third-order valence-corrected chi connectivity index (χ3v) is 3.95. The van der Waals surface area contributed by atoms with Crippen LogP contribution in [0.15, 0.2) is 12.1 Å². The number of hydrogen-bond acceptors (Lipinski definition) is 3. The van der Waals surface area contributed by atoms with Crippen molar-refractivity contribution in [1.29, 1.82) is 0 Å². The lowest BCUT2D eigenvalue weighted by Crippen LogP contribution is -2.24. The summed E-state index contributed by atoms with van der Waals surface area (Å²) in [5.74, 6) is 0.953. The van der Waals surface area contributed by atoms with Gasteiger partial charge in [0.15, 0.2) is 5.15 Å². The zero-order chi connectivity index (χ0) is 13.6. The van der Waals surface area contributed by atoms with Gasteiger partial charge in [-0.3, -0.25) is 0 Å². The number of aryl methyl sites for hydroxylation is 1. The summed E-state index contributed by atoms with van der Waals surface area (Å²) in [5.41, 5.74) is 2.88. The summed E-state index contributed by atoms with van der Waals surface area (Å²) in [7, 11) is 4.10. The molecule has 0 bridgehead atoms. The molecule has 0 unspecified atom stereocenters. The maximum Gasteiger partial charge on any atom is 0.158 e. The van der Waals surface area contributed by atoms with Gasteiger partial charge >= 0.3 is 0 Å². The van der Waals surface area contributed by atoms with Gasteiger partial charge < -0.3 is 9.47 Å². The van der Waals surface area contributed by atoms with Gasteiger partial charge in [-0.2, -0.15) is 0 Å². The van der Waals surface area contributed by atoms with Gasteiger partial charge in [-0.05, 0) is 19.0 Å². The van der Waals surface area contributed by atoms with Crippen LogP contribution in [0.4, 0.5) is 0 Å². The smallest absolute Gasteiger partial charge is 0.158 e. The molecule has 19 heavy (non-hydrogen) atoms. The molecule has 0 N–H and O–H groups in total. The van der Waals surface area contributed by atoms with Crippen molar-refractivity contribution in [3.05, 3.63) is 28.3 Å². The molecule has 0 fully saturated rings. The average molecular weight is 297 g/mol. The Morgan fingerprint density at radius 3 is 2.68 bits per heavy atom. The summed E-state index contributed by atoms with van der Waals surface area (Å²) in [5, 5.41) is 0.752. The minimum Gasteiger partial charge on any atom is -0.327 e. The standard InChI is InChI=1S/C13H14Cl2N4/c1-18-5-3-8(4-6-18)13-17-11-9(19(13)2)7-10(14)16-12(11)15/h3,7H,4-6H2,1-2H3. The van der Waals surface area contributed by atoms with Crippen molar-refractivity contribution in [3.63, 3.8) is 0 Å². The highest BCUT2D eigenvalue weighted by Crippen LogP contribution is 2.29. The molecule has 4 nitrogen and oxygen atoms in total. The first-order chi connectivity index (χ1) is 9.06. The van der Waals surface area contributed by atoms with E-state index in [-0.39, 0.29) is 0 Å². The summed E-state index contributed by atoms with van der Waals surface area (Å²) in [6.45, 7) is 1.99. The highest BCUT2D eigenvalue weighted by atomic mass is 35.5. The molecule has 0 aromatic carbocycles. The molecule has 0 aliphatic carbocycles. The lowest BCUT2D eigenvalue weighted by molar-refractivity contribution is 0.369. The maximum absolute atomic E-state index is 6.11. The molecule has 1 aliphatic rings. The van der Waals surface area contributed by atoms with Crippen LogP contribution in [0.1, 0.15) is 12.2 Å². The van der Waals surface area contributed by atoms with Gasteiger partial charge in [0.25, 0.3) is 0 Å². The molecule has 3 heterocycles. The number of rotatable bonds is 1. The number of hydrogen-bond donors (Lipinski definition) is 0. The minimum atomic E-state index is 0.359. The lowest BCUT2D eigenvalue weighted by atomic mass is 10.1. The molecule has 0 radical (unpaired) electrons. The molecular formula is C13H14Cl2N4. The molecule has 2 aromatic heterocycles. The second kappa shape index (κ2) is 4.78. The number of pyridine rings is 1. The van der Waals surface area contributed by atoms with Crippen molar-refractivity contribution in [1.82, 2.24) is 19.4 Å². The Balaban J connectivity index is 2.15. The van der Waals surface area contributed by atoms with Crippen LogP contribution >= 0.6 is 23.2 Å². The van der Waals surface area contributed by atoms with Gasteiger partial charge in [0, 0.05) is 26.2 Å². The van der Waals surface area contributed by atoms with E-state index in [1.54, 1.807) is 6.07 Å². The summed E-state index contributed by atoms with van der Waals surface area (Å²) in [4.78, 5) is 10.9. The van der Waals surface area contributed by atoms with E-state index < -0.39 is 0 Å². The summed E-state index contributed by atoms with van der Waals surface area (Å²) in [6.07, 6.45) is 3.21. The third kappa shape index (κ3) is 2.24. The molecule has 0 saturated heterocycles. The zero-order valence-electron chi connectivity index (χ0n) is 10.8. The molecule has 0 amide bonds. The fourth-order valence-electron chi connectivity index (χ4n) is 2.38. The molecule has 3 rings (SSSR count). The predicted octanol–water partition coefficient (Wildman–Crippen LogP) is 2.99. The second-order valence-corrected chi connectivity index (χ2v) is 5.58. The maximum atomic E-state index is 6.11. The predicted molar refractivity (Wildman–Crippen MR) is 78.6 cm³/mol. The monoisotopic (exact) mass is 296 g/mol. The van der Waals surface area contributed by atoms with Crippen LogP contribution in [0.25, 0.3) is 16.6 Å². The van der Waals surface area contributed by atoms with E-state index in [4.69, 9.17) is 23.2 Å². The minimum absolute atomic E-state index is 0.359. The highest BCUT2D eigenvalue weighted by molar-refractivity contribution is 6.36. The lowest BCUT2D eigenvalue weighted by Gasteiger charge is -2.21. The van der Waals surface area contributed by atoms with Gasteiger partial charge in [0.2, 0.25) is 0 Å². The van der Waals surface area contributed by atoms with E-state index in [2.05, 4.69) is 28.0 Å². The first-order valence-corrected chi connectivity index (χ1v) is 6.88. The molecular weight excluding hydrogens is 283 g/mol. The number of nitrogens with zero attached hydrogens (tertiary/aromatic N) is 4. The van der Waals surface area contributed by atoms with E-state index in [9.17, 15) is 0 Å². The van der Waals surface area contributed by atoms with Crippen LogP contribution in [0, 0.1) is 0 Å². The van der Waals surface area contributed by atoms with Gasteiger partial charge in [-0.25, -0.2) is 9.97 Å². The molecule has 0 atom stereocenters. The number of aromatic nitrogens is 3. The first kappa shape index (κ1) is 12.9. The van der Waals surface area contributed by atoms with Crippen LogP contribution in [0.2, 0.25) is 10.3 Å². The Morgan fingerprint density at radius 2 is 2.00 bits per heavy atom. The van der Waals surface area contributed by atoms with Crippen LogP contribution < -0.4 is 0 Å². The number of imidazole rings is 1. The fourth-order valence-corrected chi connectivity index (χ4v) is 2.84. The van der Waals surface area contributed by atoms with Gasteiger partial charge in [-0.1, -0.05) is 29.3 Å². The Morgan fingerprint density at radius 1 is 1.21 bits per heavy atom. The van der Waals surface area contributed by atoms with Crippen LogP contribution in [0.5, 0.6) is 0 Å². The van der Waals surface area contributed by atoms with E-state index in [1.165, 1.54) is 5.57 Å². The topological polar surface area (TPSA) is 34.0 Å². The second-order valence-electron chi connectivity index (χ2n) is 4.84. The van der Waals surface area contributed by atoms with E-state index in [1.807, 2.05) is 11.6 Å². The van der Waals surface area contributed by atoms with Crippen molar-refractivity contribution in [3.8, 4) is 0 Å². The highest BCUT2D eigenvalue weighted by Gasteiger charge is 2.18. The quantitative estimate of drug-likeness (QED) is 0.759. The van der Waals surface area contributed by atoms with Gasteiger partial charge in [0.1, 0.15) is 16.5 Å². The Bertz CT molecular complexity index is 675. The first-order valence-electron chi connectivity index (χ1n) is 6.12. The third-order valence-electron chi connectivity index (χ3n) is 3.50. The normalized spacial score (nSPS) is 16.9. The molecule has 2 aromatic rings. The van der Waals surface area contributed by atoms with E-state index >= 15 is 0 Å². The SMILES string of the molecule is CN1CC=C(c2nc3c(Cl)nc(Cl)cc3n2C)CC1. The summed E-state index contributed by atoms with van der Waals surface area (Å²) in [6, 6.07) is 1.80. The summed E-state index contributed by atoms with van der Waals surface area (Å²) >= 11 is 12.1. The van der Waals surface area contributed by atoms with Crippen molar-refractivity contribution in [2.45, 2.75) is 6.42 Å². The molecule has 100 valence electrons. The van der Waals surface area contributed by atoms with Crippen molar-refractivity contribution >= 4 is 39.8 Å². The van der Waals surface area contributed by atoms with Gasteiger partial charge in [-0.15, -0.1) is 0 Å². The number of likely N-dealkylation sites (N-methyl/N-ethyl adjacent to an activating group) is 1. The molecule has 1 aliphatic heterocycles. The van der Waals surface area contributed by atoms with Crippen LogP contribution in [-0.4, -0.2) is 39.6 Å². The van der Waals surface area contributed by atoms with E-state index in [0.29, 0.717) is 15.8 Å². The molecule has 6 heteroatoms. The van der Waals surface area contributed by atoms with E-state index in [0.717, 1.165) is 30.9 Å². The number of fused-ring (bicyclic) bond motifs is 1. The largest absolute Gasteiger partial charge is 0.327 e. The molecule has 0 saturated carbocycles. The molecule has 0 spiro atoms. The Kier molecular flexibility index (Phi) is 3.25. The van der Waals surface area contributed by atoms with Gasteiger partial charge in [0.05, 0.1) is 5.52 Å². The van der Waals surface area contributed by atoms with Crippen LogP contribution in [0.3, 0.4) is 0 Å². The Hall–Kier alpha value is -1.10. The van der Waals surface area contributed by atoms with Crippen molar-refractivity contribution < 1.29 is 0 Å². The average Bonchev–Trinajstić information content (AvgIpc) is 2.69. The fraction of sp³-hybridized carbons (Fsp3) is 0.385. The number of halogens is 2. The Labute approximate surface area is 121 Å². The van der Waals surface area contributed by atoms with Crippen molar-refractivity contribution in [2.75, 3.05) is 20.1 Å². The zero-order valence-corrected chi connectivity index (χ0v) is 12.3. The van der Waals surface area contributed by atoms with Crippen molar-refractivity contribution in [2.24, 2.45) is 7.05 Å². The van der Waals surface area contributed by atoms with Crippen LogP contribution in [-0.2, 0) is 7.05 Å².